The summed E-state index contributed by atoms with van der Waals surface area (Å²) in [5, 5.41) is 4.46. The van der Waals surface area contributed by atoms with Gasteiger partial charge in [0.2, 0.25) is 0 Å². The summed E-state index contributed by atoms with van der Waals surface area (Å²) in [7, 11) is -3.93. The molecular weight excluding hydrogens is 459 g/mol. The van der Waals surface area contributed by atoms with Crippen molar-refractivity contribution in [3.05, 3.63) is 70.9 Å². The van der Waals surface area contributed by atoms with Crippen LogP contribution in [0.25, 0.3) is 5.69 Å². The smallest absolute Gasteiger partial charge is 0.263 e. The van der Waals surface area contributed by atoms with Crippen molar-refractivity contribution in [2.45, 2.75) is 48.8 Å². The number of nitrogens with one attached hydrogen (secondary N) is 1. The summed E-state index contributed by atoms with van der Waals surface area (Å²) in [6.07, 6.45) is -4.45. The van der Waals surface area contributed by atoms with Crippen molar-refractivity contribution in [1.29, 1.82) is 0 Å². The number of hydrogen-bond donors (Lipinski definition) is 1. The first-order valence-electron chi connectivity index (χ1n) is 9.86. The second-order valence-electron chi connectivity index (χ2n) is 8.60. The van der Waals surface area contributed by atoms with E-state index in [0.29, 0.717) is 17.2 Å². The zero-order chi connectivity index (χ0) is 23.3. The summed E-state index contributed by atoms with van der Waals surface area (Å²) in [6, 6.07) is 11.2. The molecule has 0 bridgehead atoms. The van der Waals surface area contributed by atoms with Crippen LogP contribution in [0, 0.1) is 0 Å². The summed E-state index contributed by atoms with van der Waals surface area (Å²) >= 11 is 1.60. The minimum atomic E-state index is -4.45. The summed E-state index contributed by atoms with van der Waals surface area (Å²) in [4.78, 5) is 0.102. The number of fused-ring (bicyclic) bond motifs is 1. The second-order valence-corrected chi connectivity index (χ2v) is 11.3. The molecule has 0 unspecified atom stereocenters. The van der Waals surface area contributed by atoms with Crippen LogP contribution in [0.3, 0.4) is 0 Å². The third-order valence-electron chi connectivity index (χ3n) is 5.25. The zero-order valence-electron chi connectivity index (χ0n) is 17.7. The minimum Gasteiger partial charge on any atom is -0.263 e. The lowest BCUT2D eigenvalue weighted by Crippen LogP contribution is -2.18. The molecule has 2 aromatic carbocycles. The molecule has 5 nitrogen and oxygen atoms in total. The van der Waals surface area contributed by atoms with E-state index < -0.39 is 21.8 Å². The van der Waals surface area contributed by atoms with E-state index in [1.54, 1.807) is 36.0 Å². The van der Waals surface area contributed by atoms with Crippen LogP contribution in [0.4, 0.5) is 19.0 Å². The molecular formula is C22H22F3N3O2S2. The normalized spacial score (nSPS) is 14.4. The van der Waals surface area contributed by atoms with Crippen molar-refractivity contribution in [2.75, 3.05) is 4.72 Å². The molecule has 3 aromatic rings. The molecule has 10 heteroatoms. The lowest BCUT2D eigenvalue weighted by Gasteiger charge is -2.19. The molecule has 32 heavy (non-hydrogen) atoms. The predicted molar refractivity (Wildman–Crippen MR) is 120 cm³/mol. The van der Waals surface area contributed by atoms with Gasteiger partial charge in [0.15, 0.2) is 0 Å². The monoisotopic (exact) mass is 481 g/mol. The van der Waals surface area contributed by atoms with Crippen molar-refractivity contribution in [1.82, 2.24) is 9.78 Å². The SMILES string of the molecule is CC(C)(C)c1ccc(S(=O)(=O)Nc2c3c(nn2-c2ccc(C(F)(F)F)cc2)CSC3)cc1. The first-order chi connectivity index (χ1) is 14.9. The van der Waals surface area contributed by atoms with Crippen LogP contribution in [0.5, 0.6) is 0 Å². The topological polar surface area (TPSA) is 64.0 Å². The number of anilines is 1. The standard InChI is InChI=1S/C22H22F3N3O2S2/c1-21(2,3)14-6-10-17(11-7-14)32(29,30)27-20-18-12-31-13-19(18)26-28(20)16-8-4-15(5-9-16)22(23,24)25/h4-11,27H,12-13H2,1-3H3. The van der Waals surface area contributed by atoms with Gasteiger partial charge in [-0.25, -0.2) is 13.1 Å². The first kappa shape index (κ1) is 22.7. The van der Waals surface area contributed by atoms with Gasteiger partial charge in [0.25, 0.3) is 10.0 Å². The van der Waals surface area contributed by atoms with E-state index >= 15 is 0 Å². The Morgan fingerprint density at radius 1 is 0.938 bits per heavy atom. The average Bonchev–Trinajstić information content (AvgIpc) is 3.29. The van der Waals surface area contributed by atoms with Crippen molar-refractivity contribution < 1.29 is 21.6 Å². The van der Waals surface area contributed by atoms with Gasteiger partial charge in [-0.3, -0.25) is 4.72 Å². The van der Waals surface area contributed by atoms with Crippen molar-refractivity contribution in [3.8, 4) is 5.69 Å². The van der Waals surface area contributed by atoms with E-state index in [9.17, 15) is 21.6 Å². The Hall–Kier alpha value is -2.46. The Kier molecular flexibility index (Phi) is 5.57. The van der Waals surface area contributed by atoms with E-state index in [0.717, 1.165) is 29.0 Å². The highest BCUT2D eigenvalue weighted by molar-refractivity contribution is 7.98. The molecule has 0 fully saturated rings. The van der Waals surface area contributed by atoms with Crippen LogP contribution in [-0.4, -0.2) is 18.2 Å². The summed E-state index contributed by atoms with van der Waals surface area (Å²) in [5.74, 6) is 1.43. The Morgan fingerprint density at radius 3 is 2.09 bits per heavy atom. The number of nitrogens with zero attached hydrogens (tertiary/aromatic N) is 2. The van der Waals surface area contributed by atoms with Crippen LogP contribution >= 0.6 is 11.8 Å². The quantitative estimate of drug-likeness (QED) is 0.516. The number of alkyl halides is 3. The van der Waals surface area contributed by atoms with E-state index in [2.05, 4.69) is 9.82 Å². The molecule has 1 aliphatic heterocycles. The van der Waals surface area contributed by atoms with Crippen LogP contribution in [0.15, 0.2) is 53.4 Å². The lowest BCUT2D eigenvalue weighted by molar-refractivity contribution is -0.137. The molecule has 0 atom stereocenters. The molecule has 170 valence electrons. The minimum absolute atomic E-state index is 0.102. The molecule has 0 amide bonds. The summed E-state index contributed by atoms with van der Waals surface area (Å²) in [5.41, 5.74) is 1.91. The molecule has 0 saturated heterocycles. The van der Waals surface area contributed by atoms with Gasteiger partial charge in [-0.15, -0.1) is 0 Å². The predicted octanol–water partition coefficient (Wildman–Crippen LogP) is 5.74. The van der Waals surface area contributed by atoms with E-state index in [4.69, 9.17) is 0 Å². The van der Waals surface area contributed by atoms with Crippen molar-refractivity contribution >= 4 is 27.6 Å². The van der Waals surface area contributed by atoms with E-state index in [1.807, 2.05) is 20.8 Å². The van der Waals surface area contributed by atoms with Gasteiger partial charge in [0.05, 0.1) is 21.8 Å². The van der Waals surface area contributed by atoms with Gasteiger partial charge in [0.1, 0.15) is 5.82 Å². The fourth-order valence-corrected chi connectivity index (χ4v) is 5.53. The highest BCUT2D eigenvalue weighted by Gasteiger charge is 2.31. The maximum Gasteiger partial charge on any atom is 0.416 e. The number of sulfonamides is 1. The number of halogens is 3. The van der Waals surface area contributed by atoms with Gasteiger partial charge in [-0.1, -0.05) is 32.9 Å². The molecule has 0 saturated carbocycles. The maximum absolute atomic E-state index is 13.1. The number of benzene rings is 2. The highest BCUT2D eigenvalue weighted by Crippen LogP contribution is 2.38. The fourth-order valence-electron chi connectivity index (χ4n) is 3.42. The number of aromatic nitrogens is 2. The lowest BCUT2D eigenvalue weighted by atomic mass is 9.87. The highest BCUT2D eigenvalue weighted by atomic mass is 32.2. The molecule has 0 spiro atoms. The van der Waals surface area contributed by atoms with Gasteiger partial charge >= 0.3 is 6.18 Å². The van der Waals surface area contributed by atoms with E-state index in [-0.39, 0.29) is 16.1 Å². The molecule has 1 aliphatic rings. The zero-order valence-corrected chi connectivity index (χ0v) is 19.3. The average molecular weight is 482 g/mol. The first-order valence-corrected chi connectivity index (χ1v) is 12.5. The molecule has 2 heterocycles. The fraction of sp³-hybridized carbons (Fsp3) is 0.318. The van der Waals surface area contributed by atoms with Gasteiger partial charge in [-0.05, 0) is 47.4 Å². The van der Waals surface area contributed by atoms with E-state index in [1.165, 1.54) is 16.8 Å². The largest absolute Gasteiger partial charge is 0.416 e. The molecule has 1 N–H and O–H groups in total. The third kappa shape index (κ3) is 4.38. The Labute approximate surface area is 189 Å². The summed E-state index contributed by atoms with van der Waals surface area (Å²) < 4.78 is 69.0. The Balaban J connectivity index is 1.71. The molecule has 4 rings (SSSR count). The Bertz CT molecular complexity index is 1240. The third-order valence-corrected chi connectivity index (χ3v) is 7.58. The van der Waals surface area contributed by atoms with Gasteiger partial charge in [-0.2, -0.15) is 30.0 Å². The second kappa shape index (κ2) is 7.84. The number of hydrogen-bond acceptors (Lipinski definition) is 4. The van der Waals surface area contributed by atoms with Crippen LogP contribution < -0.4 is 4.72 Å². The number of thioether (sulfide) groups is 1. The Morgan fingerprint density at radius 2 is 1.53 bits per heavy atom. The van der Waals surface area contributed by atoms with Crippen LogP contribution in [0.2, 0.25) is 0 Å². The van der Waals surface area contributed by atoms with Crippen LogP contribution in [0.1, 0.15) is 43.2 Å². The maximum atomic E-state index is 13.1. The summed E-state index contributed by atoms with van der Waals surface area (Å²) in [6.45, 7) is 6.12. The van der Waals surface area contributed by atoms with Crippen molar-refractivity contribution in [3.63, 3.8) is 0 Å². The van der Waals surface area contributed by atoms with Gasteiger partial charge in [0, 0.05) is 17.1 Å². The number of rotatable bonds is 4. The molecule has 0 radical (unpaired) electrons. The van der Waals surface area contributed by atoms with Crippen molar-refractivity contribution in [2.24, 2.45) is 0 Å². The molecule has 1 aromatic heterocycles. The molecule has 0 aliphatic carbocycles. The van der Waals surface area contributed by atoms with Gasteiger partial charge < -0.3 is 0 Å². The van der Waals surface area contributed by atoms with Crippen LogP contribution in [-0.2, 0) is 33.1 Å².